The van der Waals surface area contributed by atoms with Gasteiger partial charge in [-0.15, -0.1) is 0 Å². The fourth-order valence-corrected chi connectivity index (χ4v) is 3.56. The molecule has 1 amide bonds. The Kier molecular flexibility index (Phi) is 5.43. The molecule has 0 bridgehead atoms. The van der Waals surface area contributed by atoms with Gasteiger partial charge < -0.3 is 10.2 Å². The molecule has 0 radical (unpaired) electrons. The van der Waals surface area contributed by atoms with Crippen molar-refractivity contribution >= 4 is 5.91 Å². The Labute approximate surface area is 148 Å². The lowest BCUT2D eigenvalue weighted by atomic mass is 9.85. The first kappa shape index (κ1) is 17.5. The molecule has 1 aliphatic heterocycles. The average Bonchev–Trinajstić information content (AvgIpc) is 3.03. The zero-order valence-corrected chi connectivity index (χ0v) is 15.1. The number of piperidine rings is 1. The molecule has 25 heavy (non-hydrogen) atoms. The summed E-state index contributed by atoms with van der Waals surface area (Å²) in [5.41, 5.74) is 2.19. The van der Waals surface area contributed by atoms with Crippen LogP contribution in [0.15, 0.2) is 24.8 Å². The maximum Gasteiger partial charge on any atom is 0.223 e. The van der Waals surface area contributed by atoms with E-state index in [4.69, 9.17) is 0 Å². The van der Waals surface area contributed by atoms with Gasteiger partial charge in [-0.1, -0.05) is 0 Å². The maximum absolute atomic E-state index is 12.4. The first-order valence-corrected chi connectivity index (χ1v) is 8.84. The highest BCUT2D eigenvalue weighted by Gasteiger charge is 2.36. The first-order chi connectivity index (χ1) is 12.1. The number of rotatable bonds is 6. The third-order valence-electron chi connectivity index (χ3n) is 4.81. The minimum Gasteiger partial charge on any atom is -0.335 e. The number of aromatic nitrogens is 4. The molecule has 3 heterocycles. The number of carbonyl (C=O) groups is 1. The summed E-state index contributed by atoms with van der Waals surface area (Å²) in [7, 11) is 1.91. The molecule has 0 aliphatic carbocycles. The normalized spacial score (nSPS) is 20.9. The number of aryl methyl sites for hydroxylation is 2. The van der Waals surface area contributed by atoms with E-state index in [9.17, 15) is 4.79 Å². The van der Waals surface area contributed by atoms with Crippen LogP contribution >= 0.6 is 0 Å². The van der Waals surface area contributed by atoms with E-state index >= 15 is 0 Å². The highest BCUT2D eigenvalue weighted by atomic mass is 16.2. The zero-order valence-electron chi connectivity index (χ0n) is 15.1. The lowest BCUT2D eigenvalue weighted by Gasteiger charge is -2.40. The van der Waals surface area contributed by atoms with Gasteiger partial charge in [0.15, 0.2) is 0 Å². The van der Waals surface area contributed by atoms with Crippen molar-refractivity contribution in [3.8, 4) is 0 Å². The molecular weight excluding hydrogens is 316 g/mol. The molecule has 3 rings (SSSR count). The van der Waals surface area contributed by atoms with Crippen LogP contribution in [-0.2, 0) is 18.4 Å². The second kappa shape index (κ2) is 7.74. The predicted octanol–water partition coefficient (Wildman–Crippen LogP) is 1.61. The van der Waals surface area contributed by atoms with E-state index in [1.54, 1.807) is 4.68 Å². The number of hydrogen-bond donors (Lipinski definition) is 1. The van der Waals surface area contributed by atoms with Gasteiger partial charge in [-0.3, -0.25) is 9.48 Å². The Balaban J connectivity index is 1.69. The van der Waals surface area contributed by atoms with E-state index in [1.807, 2.05) is 50.6 Å². The second-order valence-electron chi connectivity index (χ2n) is 6.64. The van der Waals surface area contributed by atoms with Gasteiger partial charge in [0.1, 0.15) is 5.82 Å². The second-order valence-corrected chi connectivity index (χ2v) is 6.64. The van der Waals surface area contributed by atoms with Gasteiger partial charge in [0.05, 0.1) is 12.2 Å². The summed E-state index contributed by atoms with van der Waals surface area (Å²) >= 11 is 0. The molecule has 7 nitrogen and oxygen atoms in total. The van der Waals surface area contributed by atoms with Gasteiger partial charge in [0.2, 0.25) is 5.91 Å². The number of carbonyl (C=O) groups excluding carboxylic acids is 1. The molecule has 0 aromatic carbocycles. The van der Waals surface area contributed by atoms with Crippen LogP contribution in [0.1, 0.15) is 42.8 Å². The number of likely N-dealkylation sites (tertiary alicyclic amines) is 1. The molecule has 0 spiro atoms. The van der Waals surface area contributed by atoms with Crippen molar-refractivity contribution in [2.24, 2.45) is 13.0 Å². The zero-order chi connectivity index (χ0) is 17.8. The van der Waals surface area contributed by atoms with Crippen LogP contribution in [0.25, 0.3) is 0 Å². The molecule has 2 atom stereocenters. The minimum atomic E-state index is 0.0849. The van der Waals surface area contributed by atoms with Crippen LogP contribution in [0.5, 0.6) is 0 Å². The van der Waals surface area contributed by atoms with Crippen molar-refractivity contribution in [1.82, 2.24) is 30.0 Å². The largest absolute Gasteiger partial charge is 0.335 e. The molecule has 1 saturated heterocycles. The topological polar surface area (TPSA) is 75.9 Å². The molecule has 1 aliphatic rings. The van der Waals surface area contributed by atoms with E-state index < -0.39 is 0 Å². The van der Waals surface area contributed by atoms with Gasteiger partial charge in [0.25, 0.3) is 0 Å². The van der Waals surface area contributed by atoms with E-state index in [0.29, 0.717) is 12.3 Å². The molecule has 0 unspecified atom stereocenters. The molecule has 2 aromatic heterocycles. The average molecular weight is 342 g/mol. The Morgan fingerprint density at radius 2 is 2.04 bits per heavy atom. The summed E-state index contributed by atoms with van der Waals surface area (Å²) in [6.45, 7) is 6.23. The Morgan fingerprint density at radius 1 is 1.28 bits per heavy atom. The van der Waals surface area contributed by atoms with Crippen LogP contribution in [0, 0.1) is 12.8 Å². The van der Waals surface area contributed by atoms with Crippen molar-refractivity contribution in [2.75, 3.05) is 13.1 Å². The quantitative estimate of drug-likeness (QED) is 0.863. The summed E-state index contributed by atoms with van der Waals surface area (Å²) in [5, 5.41) is 7.81. The van der Waals surface area contributed by atoms with Crippen molar-refractivity contribution in [1.29, 1.82) is 0 Å². The van der Waals surface area contributed by atoms with Crippen molar-refractivity contribution in [3.63, 3.8) is 0 Å². The third kappa shape index (κ3) is 4.04. The standard InChI is InChI=1S/C18H26N6O/c1-4-24-17(25)6-5-15(18(24)16-11-22-23(3)12-16)10-19-7-14-8-20-13(2)21-9-14/h8-9,11-12,15,18-19H,4-7,10H2,1-3H3/t15-,18+/m1/s1. The summed E-state index contributed by atoms with van der Waals surface area (Å²) in [4.78, 5) is 22.8. The molecule has 2 aromatic rings. The van der Waals surface area contributed by atoms with Crippen LogP contribution < -0.4 is 5.32 Å². The van der Waals surface area contributed by atoms with Gasteiger partial charge in [-0.2, -0.15) is 5.10 Å². The molecule has 134 valence electrons. The minimum absolute atomic E-state index is 0.0849. The Bertz CT molecular complexity index is 711. The number of amides is 1. The summed E-state index contributed by atoms with van der Waals surface area (Å²) in [5.74, 6) is 1.39. The fourth-order valence-electron chi connectivity index (χ4n) is 3.56. The van der Waals surface area contributed by atoms with Crippen molar-refractivity contribution in [3.05, 3.63) is 41.7 Å². The molecule has 7 heteroatoms. The highest BCUT2D eigenvalue weighted by Crippen LogP contribution is 2.36. The highest BCUT2D eigenvalue weighted by molar-refractivity contribution is 5.77. The monoisotopic (exact) mass is 342 g/mol. The first-order valence-electron chi connectivity index (χ1n) is 8.84. The van der Waals surface area contributed by atoms with E-state index in [-0.39, 0.29) is 11.9 Å². The molecule has 0 saturated carbocycles. The maximum atomic E-state index is 12.4. The summed E-state index contributed by atoms with van der Waals surface area (Å²) in [6, 6.07) is 0.0849. The van der Waals surface area contributed by atoms with Crippen molar-refractivity contribution < 1.29 is 4.79 Å². The number of nitrogens with one attached hydrogen (secondary N) is 1. The summed E-state index contributed by atoms with van der Waals surface area (Å²) < 4.78 is 1.80. The molecular formula is C18H26N6O. The van der Waals surface area contributed by atoms with E-state index in [1.165, 1.54) is 0 Å². The number of hydrogen-bond acceptors (Lipinski definition) is 5. The van der Waals surface area contributed by atoms with Gasteiger partial charge in [0, 0.05) is 62.8 Å². The Hall–Kier alpha value is -2.28. The smallest absolute Gasteiger partial charge is 0.223 e. The van der Waals surface area contributed by atoms with Crippen molar-refractivity contribution in [2.45, 2.75) is 39.3 Å². The van der Waals surface area contributed by atoms with Gasteiger partial charge >= 0.3 is 0 Å². The third-order valence-corrected chi connectivity index (χ3v) is 4.81. The molecule has 1 N–H and O–H groups in total. The lowest BCUT2D eigenvalue weighted by Crippen LogP contribution is -2.45. The predicted molar refractivity (Wildman–Crippen MR) is 94.5 cm³/mol. The van der Waals surface area contributed by atoms with Gasteiger partial charge in [-0.05, 0) is 26.2 Å². The van der Waals surface area contributed by atoms with Crippen LogP contribution in [0.3, 0.4) is 0 Å². The van der Waals surface area contributed by atoms with Crippen LogP contribution in [0.4, 0.5) is 0 Å². The summed E-state index contributed by atoms with van der Waals surface area (Å²) in [6.07, 6.45) is 9.13. The SMILES string of the molecule is CCN1C(=O)CC[C@H](CNCc2cnc(C)nc2)[C@H]1c1cnn(C)c1. The Morgan fingerprint density at radius 3 is 2.68 bits per heavy atom. The molecule has 1 fully saturated rings. The van der Waals surface area contributed by atoms with Crippen LogP contribution in [0.2, 0.25) is 0 Å². The van der Waals surface area contributed by atoms with E-state index in [0.717, 1.165) is 43.0 Å². The van der Waals surface area contributed by atoms with E-state index in [2.05, 4.69) is 20.4 Å². The fraction of sp³-hybridized carbons (Fsp3) is 0.556. The lowest BCUT2D eigenvalue weighted by molar-refractivity contribution is -0.138. The number of nitrogens with zero attached hydrogens (tertiary/aromatic N) is 5. The van der Waals surface area contributed by atoms with Gasteiger partial charge in [-0.25, -0.2) is 9.97 Å². The van der Waals surface area contributed by atoms with Crippen LogP contribution in [-0.4, -0.2) is 43.6 Å².